The average molecular weight is 431 g/mol. The fraction of sp³-hybridized carbons (Fsp3) is 0.103. The minimum Gasteiger partial charge on any atom is -0.321 e. The molecule has 0 saturated carbocycles. The Morgan fingerprint density at radius 3 is 1.94 bits per heavy atom. The molecule has 0 spiro atoms. The zero-order chi connectivity index (χ0) is 22.5. The Morgan fingerprint density at radius 1 is 0.667 bits per heavy atom. The molecule has 1 saturated heterocycles. The first-order valence-electron chi connectivity index (χ1n) is 11.1. The highest BCUT2D eigenvalue weighted by Gasteiger charge is 2.73. The molecule has 4 heteroatoms. The normalized spacial score (nSPS) is 23.2. The summed E-state index contributed by atoms with van der Waals surface area (Å²) in [7, 11) is 0. The van der Waals surface area contributed by atoms with Crippen molar-refractivity contribution in [3.8, 4) is 0 Å². The third-order valence-electron chi connectivity index (χ3n) is 6.96. The number of amides is 1. The highest BCUT2D eigenvalue weighted by atomic mass is 16.2. The molecule has 1 fully saturated rings. The molecular formula is C29H22N2O2. The molecule has 33 heavy (non-hydrogen) atoms. The van der Waals surface area contributed by atoms with Crippen LogP contribution in [0.4, 0.5) is 11.4 Å². The Morgan fingerprint density at radius 2 is 1.24 bits per heavy atom. The van der Waals surface area contributed by atoms with E-state index in [1.54, 1.807) is 0 Å². The van der Waals surface area contributed by atoms with Gasteiger partial charge in [0.1, 0.15) is 5.41 Å². The molecular weight excluding hydrogens is 408 g/mol. The summed E-state index contributed by atoms with van der Waals surface area (Å²) in [6, 6.07) is 37.8. The van der Waals surface area contributed by atoms with Gasteiger partial charge in [-0.2, -0.15) is 0 Å². The summed E-state index contributed by atoms with van der Waals surface area (Å²) < 4.78 is 0. The van der Waals surface area contributed by atoms with Gasteiger partial charge in [-0.05, 0) is 41.3 Å². The maximum atomic E-state index is 14.0. The second-order valence-electron chi connectivity index (χ2n) is 8.62. The second kappa shape index (κ2) is 7.17. The van der Waals surface area contributed by atoms with E-state index < -0.39 is 22.8 Å². The number of rotatable bonds is 4. The summed E-state index contributed by atoms with van der Waals surface area (Å²) in [5.41, 5.74) is 2.37. The number of fused-ring (bicyclic) bond motifs is 3. The lowest BCUT2D eigenvalue weighted by Crippen LogP contribution is -2.59. The molecule has 0 aliphatic carbocycles. The van der Waals surface area contributed by atoms with Gasteiger partial charge < -0.3 is 10.2 Å². The number of para-hydroxylation sites is 2. The molecule has 0 aromatic heterocycles. The summed E-state index contributed by atoms with van der Waals surface area (Å²) in [6.07, 6.45) is 0.403. The van der Waals surface area contributed by atoms with Gasteiger partial charge in [-0.1, -0.05) is 97.1 Å². The number of Topliss-reactive ketones (excluding diaryl/α,β-unsaturated/α-hetero) is 1. The predicted molar refractivity (Wildman–Crippen MR) is 128 cm³/mol. The second-order valence-corrected chi connectivity index (χ2v) is 8.62. The van der Waals surface area contributed by atoms with Gasteiger partial charge >= 0.3 is 0 Å². The molecule has 1 amide bonds. The number of hydrogen-bond acceptors (Lipinski definition) is 3. The molecule has 4 aromatic rings. The van der Waals surface area contributed by atoms with E-state index in [0.717, 1.165) is 28.1 Å². The van der Waals surface area contributed by atoms with Crippen molar-refractivity contribution >= 4 is 23.1 Å². The van der Waals surface area contributed by atoms with Crippen molar-refractivity contribution in [2.24, 2.45) is 0 Å². The first-order valence-corrected chi connectivity index (χ1v) is 11.1. The summed E-state index contributed by atoms with van der Waals surface area (Å²) >= 11 is 0. The lowest BCUT2D eigenvalue weighted by Gasteiger charge is -2.45. The highest BCUT2D eigenvalue weighted by Crippen LogP contribution is 2.62. The number of ketones is 1. The number of hydrogen-bond donors (Lipinski definition) is 1. The topological polar surface area (TPSA) is 49.4 Å². The van der Waals surface area contributed by atoms with Gasteiger partial charge in [0, 0.05) is 11.4 Å². The number of anilines is 2. The molecule has 0 bridgehead atoms. The largest absolute Gasteiger partial charge is 0.321 e. The fourth-order valence-corrected chi connectivity index (χ4v) is 5.70. The van der Waals surface area contributed by atoms with Crippen LogP contribution in [-0.2, 0) is 27.1 Å². The SMILES string of the molecule is O=C1N[C@@]2(c3ccccc3)N(c3ccccc3)c3ccccc3[C@]2(Cc2ccccc2)C1=O. The molecule has 4 nitrogen and oxygen atoms in total. The van der Waals surface area contributed by atoms with Crippen molar-refractivity contribution in [2.75, 3.05) is 4.90 Å². The van der Waals surface area contributed by atoms with Crippen LogP contribution in [0.15, 0.2) is 115 Å². The van der Waals surface area contributed by atoms with E-state index >= 15 is 0 Å². The number of carbonyl (C=O) groups excluding carboxylic acids is 2. The van der Waals surface area contributed by atoms with Gasteiger partial charge in [0.25, 0.3) is 5.91 Å². The van der Waals surface area contributed by atoms with Gasteiger partial charge in [0.15, 0.2) is 5.66 Å². The predicted octanol–water partition coefficient (Wildman–Crippen LogP) is 4.87. The Hall–Kier alpha value is -4.18. The zero-order valence-electron chi connectivity index (χ0n) is 17.9. The minimum atomic E-state index is -1.13. The van der Waals surface area contributed by atoms with Crippen molar-refractivity contribution in [3.05, 3.63) is 132 Å². The van der Waals surface area contributed by atoms with Crippen LogP contribution < -0.4 is 10.2 Å². The fourth-order valence-electron chi connectivity index (χ4n) is 5.70. The van der Waals surface area contributed by atoms with Crippen LogP contribution in [0, 0.1) is 0 Å². The maximum absolute atomic E-state index is 14.0. The number of carbonyl (C=O) groups is 2. The summed E-state index contributed by atoms with van der Waals surface area (Å²) in [6.45, 7) is 0. The van der Waals surface area contributed by atoms with Crippen molar-refractivity contribution in [3.63, 3.8) is 0 Å². The van der Waals surface area contributed by atoms with Crippen molar-refractivity contribution < 1.29 is 9.59 Å². The Kier molecular flexibility index (Phi) is 4.24. The minimum absolute atomic E-state index is 0.402. The average Bonchev–Trinajstić information content (AvgIpc) is 3.24. The molecule has 2 aliphatic rings. The van der Waals surface area contributed by atoms with E-state index in [9.17, 15) is 9.59 Å². The van der Waals surface area contributed by atoms with Crippen LogP contribution in [0.5, 0.6) is 0 Å². The van der Waals surface area contributed by atoms with Crippen LogP contribution in [0.3, 0.4) is 0 Å². The number of nitrogens with one attached hydrogen (secondary N) is 1. The zero-order valence-corrected chi connectivity index (χ0v) is 17.9. The van der Waals surface area contributed by atoms with Crippen LogP contribution >= 0.6 is 0 Å². The highest BCUT2D eigenvalue weighted by molar-refractivity contribution is 6.43. The van der Waals surface area contributed by atoms with Gasteiger partial charge in [-0.15, -0.1) is 0 Å². The van der Waals surface area contributed by atoms with E-state index in [2.05, 4.69) is 10.2 Å². The van der Waals surface area contributed by atoms with Crippen LogP contribution in [0.1, 0.15) is 16.7 Å². The van der Waals surface area contributed by atoms with Crippen LogP contribution in [0.2, 0.25) is 0 Å². The Balaban J connectivity index is 1.74. The van der Waals surface area contributed by atoms with Crippen LogP contribution in [-0.4, -0.2) is 11.7 Å². The summed E-state index contributed by atoms with van der Waals surface area (Å²) in [5, 5.41) is 3.19. The first kappa shape index (κ1) is 19.5. The van der Waals surface area contributed by atoms with Crippen molar-refractivity contribution in [2.45, 2.75) is 17.5 Å². The number of benzene rings is 4. The van der Waals surface area contributed by atoms with E-state index in [0.29, 0.717) is 6.42 Å². The summed E-state index contributed by atoms with van der Waals surface area (Å²) in [4.78, 5) is 29.4. The van der Waals surface area contributed by atoms with Crippen molar-refractivity contribution in [1.29, 1.82) is 0 Å². The van der Waals surface area contributed by atoms with E-state index in [-0.39, 0.29) is 0 Å². The molecule has 4 aromatic carbocycles. The molecule has 0 radical (unpaired) electrons. The molecule has 2 atom stereocenters. The van der Waals surface area contributed by atoms with Gasteiger partial charge in [-0.25, -0.2) is 0 Å². The quantitative estimate of drug-likeness (QED) is 0.470. The van der Waals surface area contributed by atoms with E-state index in [1.807, 2.05) is 115 Å². The van der Waals surface area contributed by atoms with Crippen molar-refractivity contribution in [1.82, 2.24) is 5.32 Å². The van der Waals surface area contributed by atoms with Gasteiger partial charge in [0.2, 0.25) is 5.78 Å². The summed E-state index contributed by atoms with van der Waals surface area (Å²) in [5.74, 6) is -0.952. The standard InChI is InChI=1S/C29H22N2O2/c32-26-27(33)30-29(22-14-6-2-7-15-22)28(26,20-21-12-4-1-5-13-21)24-18-10-11-19-25(24)31(29)23-16-8-3-9-17-23/h1-19H,20H2,(H,30,33)/t28-,29+/m1/s1. The maximum Gasteiger partial charge on any atom is 0.290 e. The molecule has 2 aliphatic heterocycles. The van der Waals surface area contributed by atoms with Crippen LogP contribution in [0.25, 0.3) is 0 Å². The lowest BCUT2D eigenvalue weighted by molar-refractivity contribution is -0.137. The molecule has 1 N–H and O–H groups in total. The smallest absolute Gasteiger partial charge is 0.290 e. The molecule has 160 valence electrons. The third-order valence-corrected chi connectivity index (χ3v) is 6.96. The molecule has 6 rings (SSSR count). The van der Waals surface area contributed by atoms with Gasteiger partial charge in [0.05, 0.1) is 0 Å². The molecule has 0 unspecified atom stereocenters. The van der Waals surface area contributed by atoms with E-state index in [4.69, 9.17) is 0 Å². The Bertz CT molecular complexity index is 1350. The molecule has 2 heterocycles. The first-order chi connectivity index (χ1) is 16.2. The third kappa shape index (κ3) is 2.52. The number of nitrogens with zero attached hydrogens (tertiary/aromatic N) is 1. The van der Waals surface area contributed by atoms with E-state index in [1.165, 1.54) is 0 Å². The lowest BCUT2D eigenvalue weighted by atomic mass is 9.65. The Labute approximate surface area is 192 Å². The van der Waals surface area contributed by atoms with Gasteiger partial charge in [-0.3, -0.25) is 9.59 Å². The monoisotopic (exact) mass is 430 g/mol.